The normalized spacial score (nSPS) is 28.4. The van der Waals surface area contributed by atoms with Crippen molar-refractivity contribution in [2.75, 3.05) is 26.8 Å². The molecule has 126 valence electrons. The highest BCUT2D eigenvalue weighted by molar-refractivity contribution is 5.84. The number of para-hydroxylation sites is 1. The van der Waals surface area contributed by atoms with Gasteiger partial charge >= 0.3 is 0 Å². The third kappa shape index (κ3) is 4.02. The Hall–Kier alpha value is -1.63. The highest BCUT2D eigenvalue weighted by Crippen LogP contribution is 2.26. The fourth-order valence-corrected chi connectivity index (χ4v) is 2.85. The Morgan fingerprint density at radius 1 is 1.43 bits per heavy atom. The molecule has 3 rings (SSSR count). The van der Waals surface area contributed by atoms with Crippen molar-refractivity contribution >= 4 is 5.91 Å². The van der Waals surface area contributed by atoms with E-state index >= 15 is 0 Å². The zero-order valence-electron chi connectivity index (χ0n) is 13.9. The van der Waals surface area contributed by atoms with E-state index in [2.05, 4.69) is 10.2 Å². The van der Waals surface area contributed by atoms with Crippen molar-refractivity contribution in [1.82, 2.24) is 10.2 Å². The summed E-state index contributed by atoms with van der Waals surface area (Å²) in [7, 11) is 1.66. The van der Waals surface area contributed by atoms with Crippen LogP contribution in [-0.4, -0.2) is 55.5 Å². The molecule has 0 aromatic heterocycles. The molecule has 0 saturated carbocycles. The van der Waals surface area contributed by atoms with Crippen LogP contribution in [0, 0.1) is 0 Å². The predicted molar refractivity (Wildman–Crippen MR) is 85.1 cm³/mol. The van der Waals surface area contributed by atoms with E-state index in [4.69, 9.17) is 14.2 Å². The van der Waals surface area contributed by atoms with Crippen molar-refractivity contribution in [3.05, 3.63) is 29.8 Å². The summed E-state index contributed by atoms with van der Waals surface area (Å²) in [5, 5.41) is 2.95. The highest BCUT2D eigenvalue weighted by Gasteiger charge is 2.41. The molecule has 2 aliphatic heterocycles. The topological polar surface area (TPSA) is 59.8 Å². The van der Waals surface area contributed by atoms with Crippen molar-refractivity contribution < 1.29 is 19.0 Å². The van der Waals surface area contributed by atoms with Gasteiger partial charge < -0.3 is 19.5 Å². The Bertz CT molecular complexity index is 575. The maximum absolute atomic E-state index is 12.2. The Morgan fingerprint density at radius 2 is 2.22 bits per heavy atom. The van der Waals surface area contributed by atoms with Crippen LogP contribution in [0.25, 0.3) is 0 Å². The smallest absolute Gasteiger partial charge is 0.238 e. The molecule has 2 saturated heterocycles. The van der Waals surface area contributed by atoms with Gasteiger partial charge in [0.05, 0.1) is 13.7 Å². The summed E-state index contributed by atoms with van der Waals surface area (Å²) in [6, 6.07) is 7.83. The van der Waals surface area contributed by atoms with Crippen LogP contribution < -0.4 is 10.1 Å². The number of ether oxygens (including phenoxy) is 3. The minimum absolute atomic E-state index is 0.0493. The average molecular weight is 320 g/mol. The highest BCUT2D eigenvalue weighted by atomic mass is 16.7. The third-order valence-electron chi connectivity index (χ3n) is 4.15. The molecule has 3 atom stereocenters. The van der Waals surface area contributed by atoms with Gasteiger partial charge in [-0.3, -0.25) is 9.69 Å². The second-order valence-corrected chi connectivity index (χ2v) is 6.45. The van der Waals surface area contributed by atoms with Crippen LogP contribution in [0.4, 0.5) is 0 Å². The zero-order chi connectivity index (χ0) is 16.4. The van der Waals surface area contributed by atoms with Gasteiger partial charge in [-0.25, -0.2) is 0 Å². The van der Waals surface area contributed by atoms with Gasteiger partial charge in [0.2, 0.25) is 5.91 Å². The van der Waals surface area contributed by atoms with Crippen LogP contribution in [0.1, 0.15) is 19.4 Å². The number of carbonyl (C=O) groups is 1. The van der Waals surface area contributed by atoms with Crippen LogP contribution in [0.5, 0.6) is 5.75 Å². The van der Waals surface area contributed by atoms with Crippen LogP contribution >= 0.6 is 0 Å². The van der Waals surface area contributed by atoms with Gasteiger partial charge in [0, 0.05) is 25.2 Å². The van der Waals surface area contributed by atoms with E-state index in [0.717, 1.165) is 24.4 Å². The summed E-state index contributed by atoms with van der Waals surface area (Å²) < 4.78 is 16.5. The lowest BCUT2D eigenvalue weighted by Gasteiger charge is -2.17. The first-order valence-electron chi connectivity index (χ1n) is 7.94. The van der Waals surface area contributed by atoms with Crippen molar-refractivity contribution in [2.24, 2.45) is 0 Å². The molecule has 0 radical (unpaired) electrons. The van der Waals surface area contributed by atoms with Crippen LogP contribution in [0.3, 0.4) is 0 Å². The van der Waals surface area contributed by atoms with Crippen molar-refractivity contribution in [1.29, 1.82) is 0 Å². The standard InChI is InChI=1S/C17H24N2O4/c1-17(2)22-11-13(23-17)8-18-16(20)14-10-19(14)9-12-6-4-5-7-15(12)21-3/h4-7,13-14H,8-11H2,1-3H3,(H,18,20). The SMILES string of the molecule is COc1ccccc1CN1CC1C(=O)NCC1COC(C)(C)O1. The first kappa shape index (κ1) is 16.2. The molecule has 23 heavy (non-hydrogen) atoms. The first-order valence-corrected chi connectivity index (χ1v) is 7.94. The predicted octanol–water partition coefficient (Wildman–Crippen LogP) is 1.15. The molecule has 2 aliphatic rings. The molecule has 6 heteroatoms. The van der Waals surface area contributed by atoms with E-state index in [1.807, 2.05) is 38.1 Å². The molecule has 0 spiro atoms. The second kappa shape index (κ2) is 6.47. The minimum atomic E-state index is -0.551. The van der Waals surface area contributed by atoms with Gasteiger partial charge in [0.1, 0.15) is 17.9 Å². The number of amides is 1. The van der Waals surface area contributed by atoms with Crippen molar-refractivity contribution in [3.8, 4) is 5.75 Å². The summed E-state index contributed by atoms with van der Waals surface area (Å²) >= 11 is 0. The molecule has 6 nitrogen and oxygen atoms in total. The molecule has 2 heterocycles. The summed E-state index contributed by atoms with van der Waals surface area (Å²) in [4.78, 5) is 14.3. The summed E-state index contributed by atoms with van der Waals surface area (Å²) in [5.41, 5.74) is 1.10. The number of carbonyl (C=O) groups excluding carboxylic acids is 1. The summed E-state index contributed by atoms with van der Waals surface area (Å²) in [6.07, 6.45) is -0.0737. The van der Waals surface area contributed by atoms with Gasteiger partial charge in [-0.15, -0.1) is 0 Å². The Balaban J connectivity index is 1.44. The fourth-order valence-electron chi connectivity index (χ4n) is 2.85. The molecule has 1 aromatic rings. The van der Waals surface area contributed by atoms with Gasteiger partial charge in [-0.1, -0.05) is 18.2 Å². The average Bonchev–Trinajstić information content (AvgIpc) is 3.20. The molecular formula is C17H24N2O4. The van der Waals surface area contributed by atoms with Gasteiger partial charge in [0.25, 0.3) is 0 Å². The summed E-state index contributed by atoms with van der Waals surface area (Å²) in [5.74, 6) is 0.357. The molecule has 0 aliphatic carbocycles. The largest absolute Gasteiger partial charge is 0.496 e. The Kier molecular flexibility index (Phi) is 4.57. The number of nitrogens with zero attached hydrogens (tertiary/aromatic N) is 1. The number of nitrogens with one attached hydrogen (secondary N) is 1. The molecule has 3 unspecified atom stereocenters. The molecular weight excluding hydrogens is 296 g/mol. The van der Waals surface area contributed by atoms with Gasteiger partial charge in [0.15, 0.2) is 5.79 Å². The quantitative estimate of drug-likeness (QED) is 0.797. The monoisotopic (exact) mass is 320 g/mol. The van der Waals surface area contributed by atoms with E-state index in [-0.39, 0.29) is 18.1 Å². The maximum atomic E-state index is 12.2. The van der Waals surface area contributed by atoms with Crippen molar-refractivity contribution in [3.63, 3.8) is 0 Å². The lowest BCUT2D eigenvalue weighted by Crippen LogP contribution is -2.37. The Morgan fingerprint density at radius 3 is 2.91 bits per heavy atom. The molecule has 1 N–H and O–H groups in total. The van der Waals surface area contributed by atoms with Crippen LogP contribution in [-0.2, 0) is 20.8 Å². The number of rotatable bonds is 6. The number of hydrogen-bond acceptors (Lipinski definition) is 5. The van der Waals surface area contributed by atoms with Gasteiger partial charge in [-0.05, 0) is 19.9 Å². The lowest BCUT2D eigenvalue weighted by molar-refractivity contribution is -0.139. The number of methoxy groups -OCH3 is 1. The number of hydrogen-bond donors (Lipinski definition) is 1. The van der Waals surface area contributed by atoms with E-state index in [0.29, 0.717) is 13.2 Å². The van der Waals surface area contributed by atoms with Gasteiger partial charge in [-0.2, -0.15) is 0 Å². The minimum Gasteiger partial charge on any atom is -0.496 e. The molecule has 1 amide bonds. The zero-order valence-corrected chi connectivity index (χ0v) is 13.9. The van der Waals surface area contributed by atoms with E-state index in [9.17, 15) is 4.79 Å². The lowest BCUT2D eigenvalue weighted by atomic mass is 10.2. The van der Waals surface area contributed by atoms with Crippen molar-refractivity contribution in [2.45, 2.75) is 38.3 Å². The number of benzene rings is 1. The van der Waals surface area contributed by atoms with Crippen LogP contribution in [0.2, 0.25) is 0 Å². The van der Waals surface area contributed by atoms with E-state index in [1.54, 1.807) is 7.11 Å². The third-order valence-corrected chi connectivity index (χ3v) is 4.15. The molecule has 2 fully saturated rings. The second-order valence-electron chi connectivity index (χ2n) is 6.45. The van der Waals surface area contributed by atoms with E-state index in [1.165, 1.54) is 0 Å². The fraction of sp³-hybridized carbons (Fsp3) is 0.588. The first-order chi connectivity index (χ1) is 11.0. The molecule has 1 aromatic carbocycles. The van der Waals surface area contributed by atoms with E-state index < -0.39 is 5.79 Å². The molecule has 0 bridgehead atoms. The maximum Gasteiger partial charge on any atom is 0.238 e. The van der Waals surface area contributed by atoms with Crippen LogP contribution in [0.15, 0.2) is 24.3 Å². The summed E-state index contributed by atoms with van der Waals surface area (Å²) in [6.45, 7) is 6.26. The Labute approximate surface area is 136 Å².